The van der Waals surface area contributed by atoms with Crippen LogP contribution in [0.25, 0.3) is 0 Å². The number of benzene rings is 1. The summed E-state index contributed by atoms with van der Waals surface area (Å²) in [6, 6.07) is 7.91. The van der Waals surface area contributed by atoms with Gasteiger partial charge in [-0.3, -0.25) is 4.79 Å². The number of hydrogen-bond donors (Lipinski definition) is 2. The van der Waals surface area contributed by atoms with Crippen molar-refractivity contribution >= 4 is 34.2 Å². The fourth-order valence-electron chi connectivity index (χ4n) is 2.23. The van der Waals surface area contributed by atoms with Gasteiger partial charge in [0.15, 0.2) is 6.54 Å². The highest BCUT2D eigenvalue weighted by Crippen LogP contribution is 2.11. The molecule has 0 aromatic heterocycles. The molecule has 0 unspecified atom stereocenters. The van der Waals surface area contributed by atoms with Crippen LogP contribution in [0.1, 0.15) is 19.3 Å². The number of anilines is 1. The highest BCUT2D eigenvalue weighted by Gasteiger charge is 2.17. The Morgan fingerprint density at radius 3 is 2.76 bits per heavy atom. The molecule has 0 radical (unpaired) electrons. The molecular formula is C13H18IN2O+. The Kier molecular flexibility index (Phi) is 4.79. The first-order valence-electron chi connectivity index (χ1n) is 6.13. The molecule has 0 aliphatic carbocycles. The number of carbonyl (C=O) groups excluding carboxylic acids is 1. The molecule has 0 atom stereocenters. The standard InChI is InChI=1S/C13H17IN2O/c14-11-5-4-6-12(9-11)15-13(17)10-16-7-2-1-3-8-16/h4-6,9H,1-3,7-8,10H2,(H,15,17)/p+1. The van der Waals surface area contributed by atoms with Crippen LogP contribution in [-0.2, 0) is 4.79 Å². The Bertz CT molecular complexity index is 389. The van der Waals surface area contributed by atoms with Crippen LogP contribution in [0.5, 0.6) is 0 Å². The number of amides is 1. The quantitative estimate of drug-likeness (QED) is 0.796. The zero-order chi connectivity index (χ0) is 12.1. The van der Waals surface area contributed by atoms with Crippen LogP contribution in [0.3, 0.4) is 0 Å². The van der Waals surface area contributed by atoms with E-state index >= 15 is 0 Å². The average molecular weight is 345 g/mol. The van der Waals surface area contributed by atoms with Crippen molar-refractivity contribution < 1.29 is 9.69 Å². The van der Waals surface area contributed by atoms with E-state index in [0.29, 0.717) is 6.54 Å². The van der Waals surface area contributed by atoms with E-state index in [9.17, 15) is 4.79 Å². The van der Waals surface area contributed by atoms with E-state index in [2.05, 4.69) is 27.9 Å². The number of quaternary nitrogens is 1. The predicted molar refractivity (Wildman–Crippen MR) is 77.2 cm³/mol. The Hall–Kier alpha value is -0.620. The maximum atomic E-state index is 11.9. The molecule has 3 nitrogen and oxygen atoms in total. The number of halogens is 1. The molecule has 92 valence electrons. The summed E-state index contributed by atoms with van der Waals surface area (Å²) in [7, 11) is 0. The Balaban J connectivity index is 1.84. The molecule has 4 heteroatoms. The third-order valence-electron chi connectivity index (χ3n) is 3.08. The highest BCUT2D eigenvalue weighted by molar-refractivity contribution is 14.1. The molecule has 2 N–H and O–H groups in total. The maximum Gasteiger partial charge on any atom is 0.279 e. The van der Waals surface area contributed by atoms with Gasteiger partial charge in [0.1, 0.15) is 0 Å². The lowest BCUT2D eigenvalue weighted by molar-refractivity contribution is -0.896. The van der Waals surface area contributed by atoms with Crippen molar-refractivity contribution in [3.8, 4) is 0 Å². The molecule has 1 aliphatic rings. The molecule has 0 spiro atoms. The normalized spacial score (nSPS) is 16.8. The summed E-state index contributed by atoms with van der Waals surface area (Å²) in [5, 5.41) is 2.97. The summed E-state index contributed by atoms with van der Waals surface area (Å²) >= 11 is 2.25. The van der Waals surface area contributed by atoms with Gasteiger partial charge >= 0.3 is 0 Å². The molecule has 1 amide bonds. The lowest BCUT2D eigenvalue weighted by Crippen LogP contribution is -3.13. The van der Waals surface area contributed by atoms with Gasteiger partial charge in [-0.2, -0.15) is 0 Å². The largest absolute Gasteiger partial charge is 0.327 e. The predicted octanol–water partition coefficient (Wildman–Crippen LogP) is 1.30. The topological polar surface area (TPSA) is 33.5 Å². The van der Waals surface area contributed by atoms with E-state index in [-0.39, 0.29) is 5.91 Å². The molecule has 1 saturated heterocycles. The van der Waals surface area contributed by atoms with Gasteiger partial charge in [-0.1, -0.05) is 6.07 Å². The minimum Gasteiger partial charge on any atom is -0.327 e. The zero-order valence-electron chi connectivity index (χ0n) is 9.84. The van der Waals surface area contributed by atoms with E-state index in [1.54, 1.807) is 0 Å². The minimum atomic E-state index is 0.129. The molecule has 17 heavy (non-hydrogen) atoms. The molecule has 1 fully saturated rings. The van der Waals surface area contributed by atoms with Gasteiger partial charge in [-0.25, -0.2) is 0 Å². The molecule has 0 bridgehead atoms. The second kappa shape index (κ2) is 6.35. The molecule has 1 aliphatic heterocycles. The van der Waals surface area contributed by atoms with Crippen molar-refractivity contribution in [1.29, 1.82) is 0 Å². The van der Waals surface area contributed by atoms with Crippen molar-refractivity contribution in [1.82, 2.24) is 0 Å². The van der Waals surface area contributed by atoms with E-state index in [1.807, 2.05) is 24.3 Å². The third kappa shape index (κ3) is 4.27. The Morgan fingerprint density at radius 1 is 1.29 bits per heavy atom. The van der Waals surface area contributed by atoms with Crippen LogP contribution in [0.4, 0.5) is 5.69 Å². The second-order valence-corrected chi connectivity index (χ2v) is 5.79. The smallest absolute Gasteiger partial charge is 0.279 e. The van der Waals surface area contributed by atoms with E-state index in [0.717, 1.165) is 22.3 Å². The maximum absolute atomic E-state index is 11.9. The first-order valence-corrected chi connectivity index (χ1v) is 7.21. The summed E-state index contributed by atoms with van der Waals surface area (Å²) in [5.41, 5.74) is 0.901. The second-order valence-electron chi connectivity index (χ2n) is 4.55. The van der Waals surface area contributed by atoms with Gasteiger partial charge in [0, 0.05) is 9.26 Å². The van der Waals surface area contributed by atoms with Crippen LogP contribution in [0.15, 0.2) is 24.3 Å². The van der Waals surface area contributed by atoms with Crippen molar-refractivity contribution in [2.24, 2.45) is 0 Å². The molecule has 2 rings (SSSR count). The first-order chi connectivity index (χ1) is 8.24. The van der Waals surface area contributed by atoms with Crippen LogP contribution < -0.4 is 10.2 Å². The average Bonchev–Trinajstić information content (AvgIpc) is 2.30. The number of likely N-dealkylation sites (tertiary alicyclic amines) is 1. The summed E-state index contributed by atoms with van der Waals surface area (Å²) in [4.78, 5) is 13.3. The summed E-state index contributed by atoms with van der Waals surface area (Å²) in [6.45, 7) is 2.88. The number of hydrogen-bond acceptors (Lipinski definition) is 1. The Morgan fingerprint density at radius 2 is 2.06 bits per heavy atom. The molecular weight excluding hydrogens is 327 g/mol. The zero-order valence-corrected chi connectivity index (χ0v) is 12.0. The fraction of sp³-hybridized carbons (Fsp3) is 0.462. The monoisotopic (exact) mass is 345 g/mol. The van der Waals surface area contributed by atoms with E-state index in [4.69, 9.17) is 0 Å². The number of carbonyl (C=O) groups is 1. The van der Waals surface area contributed by atoms with Gasteiger partial charge in [0.2, 0.25) is 0 Å². The lowest BCUT2D eigenvalue weighted by Gasteiger charge is -2.22. The number of rotatable bonds is 3. The van der Waals surface area contributed by atoms with Crippen molar-refractivity contribution in [3.63, 3.8) is 0 Å². The van der Waals surface area contributed by atoms with E-state index in [1.165, 1.54) is 24.2 Å². The first kappa shape index (κ1) is 12.8. The van der Waals surface area contributed by atoms with Crippen molar-refractivity contribution in [2.75, 3.05) is 25.0 Å². The molecule has 1 aromatic carbocycles. The van der Waals surface area contributed by atoms with Crippen LogP contribution in [-0.4, -0.2) is 25.5 Å². The summed E-state index contributed by atoms with van der Waals surface area (Å²) in [5.74, 6) is 0.129. The molecule has 1 aromatic rings. The van der Waals surface area contributed by atoms with Crippen molar-refractivity contribution in [2.45, 2.75) is 19.3 Å². The van der Waals surface area contributed by atoms with E-state index < -0.39 is 0 Å². The molecule has 1 heterocycles. The minimum absolute atomic E-state index is 0.129. The van der Waals surface area contributed by atoms with Crippen LogP contribution in [0.2, 0.25) is 0 Å². The van der Waals surface area contributed by atoms with Crippen molar-refractivity contribution in [3.05, 3.63) is 27.8 Å². The lowest BCUT2D eigenvalue weighted by atomic mass is 10.1. The van der Waals surface area contributed by atoms with Crippen LogP contribution in [0, 0.1) is 3.57 Å². The number of nitrogens with one attached hydrogen (secondary N) is 2. The third-order valence-corrected chi connectivity index (χ3v) is 3.75. The highest BCUT2D eigenvalue weighted by atomic mass is 127. The van der Waals surface area contributed by atoms with Gasteiger partial charge in [-0.15, -0.1) is 0 Å². The Labute approximate surface area is 116 Å². The summed E-state index contributed by atoms with van der Waals surface area (Å²) < 4.78 is 1.14. The number of piperidine rings is 1. The SMILES string of the molecule is O=C(C[NH+]1CCCCC1)Nc1cccc(I)c1. The fourth-order valence-corrected chi connectivity index (χ4v) is 2.77. The van der Waals surface area contributed by atoms with Gasteiger partial charge < -0.3 is 10.2 Å². The van der Waals surface area contributed by atoms with Gasteiger partial charge in [0.25, 0.3) is 5.91 Å². The van der Waals surface area contributed by atoms with Gasteiger partial charge in [0.05, 0.1) is 13.1 Å². The summed E-state index contributed by atoms with van der Waals surface area (Å²) in [6.07, 6.45) is 3.83. The molecule has 0 saturated carbocycles. The van der Waals surface area contributed by atoms with Gasteiger partial charge in [-0.05, 0) is 60.1 Å². The van der Waals surface area contributed by atoms with Crippen LogP contribution >= 0.6 is 22.6 Å².